The molecule has 2 aromatic rings. The van der Waals surface area contributed by atoms with E-state index in [1.165, 1.54) is 10.8 Å². The van der Waals surface area contributed by atoms with Crippen LogP contribution in [0.15, 0.2) is 72.4 Å². The SMILES string of the molecule is C[Si](C)(/C=C\CCc1ccccc1)c1ccccc1. The van der Waals surface area contributed by atoms with Crippen LogP contribution in [0.25, 0.3) is 0 Å². The number of allylic oxidation sites excluding steroid dienone is 1. The summed E-state index contributed by atoms with van der Waals surface area (Å²) in [6.45, 7) is 4.81. The molecule has 0 heterocycles. The van der Waals surface area contributed by atoms with Crippen LogP contribution in [0.3, 0.4) is 0 Å². The van der Waals surface area contributed by atoms with Crippen LogP contribution in [-0.4, -0.2) is 8.07 Å². The lowest BCUT2D eigenvalue weighted by Gasteiger charge is -2.18. The van der Waals surface area contributed by atoms with Gasteiger partial charge in [0.2, 0.25) is 0 Å². The molecule has 0 saturated heterocycles. The highest BCUT2D eigenvalue weighted by Crippen LogP contribution is 2.08. The van der Waals surface area contributed by atoms with Gasteiger partial charge in [-0.3, -0.25) is 0 Å². The number of rotatable bonds is 5. The minimum absolute atomic E-state index is 1.13. The molecule has 0 aliphatic carbocycles. The van der Waals surface area contributed by atoms with E-state index in [9.17, 15) is 0 Å². The van der Waals surface area contributed by atoms with E-state index in [0.29, 0.717) is 0 Å². The lowest BCUT2D eigenvalue weighted by molar-refractivity contribution is 1.00. The Balaban J connectivity index is 1.92. The average molecular weight is 266 g/mol. The predicted octanol–water partition coefficient (Wildman–Crippen LogP) is 4.33. The molecule has 0 nitrogen and oxygen atoms in total. The van der Waals surface area contributed by atoms with E-state index in [2.05, 4.69) is 85.5 Å². The first kappa shape index (κ1) is 13.8. The molecule has 0 unspecified atom stereocenters. The zero-order valence-electron chi connectivity index (χ0n) is 11.8. The van der Waals surface area contributed by atoms with Crippen molar-refractivity contribution in [1.82, 2.24) is 0 Å². The van der Waals surface area contributed by atoms with Gasteiger partial charge in [-0.1, -0.05) is 90.7 Å². The van der Waals surface area contributed by atoms with Crippen molar-refractivity contribution < 1.29 is 0 Å². The first-order valence-corrected chi connectivity index (χ1v) is 10.0. The van der Waals surface area contributed by atoms with Crippen LogP contribution in [0.4, 0.5) is 0 Å². The molecule has 0 aromatic heterocycles. The van der Waals surface area contributed by atoms with E-state index in [1.54, 1.807) is 0 Å². The van der Waals surface area contributed by atoms with E-state index in [-0.39, 0.29) is 0 Å². The summed E-state index contributed by atoms with van der Waals surface area (Å²) >= 11 is 0. The predicted molar refractivity (Wildman–Crippen MR) is 87.5 cm³/mol. The minimum Gasteiger partial charge on any atom is -0.0943 e. The standard InChI is InChI=1S/C18H22Si/c1-19(2,18-14-7-4-8-15-18)16-10-9-13-17-11-5-3-6-12-17/h3-8,10-12,14-16H,9,13H2,1-2H3/b16-10-. The maximum absolute atomic E-state index is 2.46. The van der Waals surface area contributed by atoms with Crippen molar-refractivity contribution in [2.75, 3.05) is 0 Å². The van der Waals surface area contributed by atoms with Crippen molar-refractivity contribution in [3.05, 3.63) is 78.0 Å². The summed E-state index contributed by atoms with van der Waals surface area (Å²) in [6, 6.07) is 21.6. The van der Waals surface area contributed by atoms with Crippen LogP contribution in [0.1, 0.15) is 12.0 Å². The first-order valence-electron chi connectivity index (χ1n) is 6.96. The monoisotopic (exact) mass is 266 g/mol. The molecule has 0 spiro atoms. The fourth-order valence-corrected chi connectivity index (χ4v) is 4.24. The van der Waals surface area contributed by atoms with Gasteiger partial charge in [0.15, 0.2) is 0 Å². The molecular weight excluding hydrogens is 244 g/mol. The van der Waals surface area contributed by atoms with Crippen molar-refractivity contribution in [1.29, 1.82) is 0 Å². The second kappa shape index (κ2) is 6.53. The quantitative estimate of drug-likeness (QED) is 0.707. The largest absolute Gasteiger partial charge is 0.103 e. The van der Waals surface area contributed by atoms with Crippen LogP contribution < -0.4 is 5.19 Å². The van der Waals surface area contributed by atoms with Gasteiger partial charge in [-0.25, -0.2) is 0 Å². The third-order valence-corrected chi connectivity index (χ3v) is 6.39. The molecule has 2 aromatic carbocycles. The molecule has 98 valence electrons. The maximum Gasteiger partial charge on any atom is 0.103 e. The highest BCUT2D eigenvalue weighted by Gasteiger charge is 2.18. The van der Waals surface area contributed by atoms with Crippen LogP contribution in [0.2, 0.25) is 13.1 Å². The molecule has 0 bridgehead atoms. The Morgan fingerprint density at radius 1 is 0.842 bits per heavy atom. The van der Waals surface area contributed by atoms with Crippen molar-refractivity contribution >= 4 is 13.3 Å². The summed E-state index contributed by atoms with van der Waals surface area (Å²) in [5, 5.41) is 1.51. The summed E-state index contributed by atoms with van der Waals surface area (Å²) in [5.74, 6) is 0. The molecule has 2 rings (SSSR count). The van der Waals surface area contributed by atoms with Gasteiger partial charge in [0, 0.05) is 0 Å². The van der Waals surface area contributed by atoms with Crippen molar-refractivity contribution in [3.8, 4) is 0 Å². The fourth-order valence-electron chi connectivity index (χ4n) is 2.24. The fraction of sp³-hybridized carbons (Fsp3) is 0.222. The Hall–Kier alpha value is -1.60. The molecule has 0 aliphatic rings. The third kappa shape index (κ3) is 4.21. The molecule has 0 aliphatic heterocycles. The molecule has 1 heteroatoms. The topological polar surface area (TPSA) is 0 Å². The molecule has 19 heavy (non-hydrogen) atoms. The summed E-state index contributed by atoms with van der Waals surface area (Å²) in [4.78, 5) is 0. The Morgan fingerprint density at radius 2 is 1.42 bits per heavy atom. The molecule has 0 fully saturated rings. The summed E-state index contributed by atoms with van der Waals surface area (Å²) in [5.41, 5.74) is 3.89. The van der Waals surface area contributed by atoms with E-state index >= 15 is 0 Å². The van der Waals surface area contributed by atoms with Gasteiger partial charge in [0.1, 0.15) is 8.07 Å². The minimum atomic E-state index is -1.40. The van der Waals surface area contributed by atoms with Crippen LogP contribution in [0, 0.1) is 0 Å². The van der Waals surface area contributed by atoms with Crippen LogP contribution >= 0.6 is 0 Å². The summed E-state index contributed by atoms with van der Waals surface area (Å²) < 4.78 is 0. The van der Waals surface area contributed by atoms with Crippen LogP contribution in [-0.2, 0) is 6.42 Å². The number of hydrogen-bond acceptors (Lipinski definition) is 0. The highest BCUT2D eigenvalue weighted by atomic mass is 28.3. The Bertz CT molecular complexity index is 512. The van der Waals surface area contributed by atoms with Gasteiger partial charge in [0.05, 0.1) is 0 Å². The Morgan fingerprint density at radius 3 is 2.05 bits per heavy atom. The second-order valence-corrected chi connectivity index (χ2v) is 9.87. The Kier molecular flexibility index (Phi) is 4.75. The van der Waals surface area contributed by atoms with E-state index in [4.69, 9.17) is 0 Å². The maximum atomic E-state index is 2.46. The number of aryl methyl sites for hydroxylation is 1. The van der Waals surface area contributed by atoms with E-state index in [0.717, 1.165) is 12.8 Å². The Labute approximate surface area is 117 Å². The molecule has 0 radical (unpaired) electrons. The van der Waals surface area contributed by atoms with Crippen LogP contribution in [0.5, 0.6) is 0 Å². The summed E-state index contributed by atoms with van der Waals surface area (Å²) in [7, 11) is -1.40. The number of hydrogen-bond donors (Lipinski definition) is 0. The van der Waals surface area contributed by atoms with Gasteiger partial charge >= 0.3 is 0 Å². The smallest absolute Gasteiger partial charge is 0.0943 e. The van der Waals surface area contributed by atoms with Gasteiger partial charge in [-0.15, -0.1) is 0 Å². The zero-order chi connectivity index (χ0) is 13.6. The lowest BCUT2D eigenvalue weighted by atomic mass is 10.1. The second-order valence-electron chi connectivity index (χ2n) is 5.51. The first-order chi connectivity index (χ1) is 9.18. The third-order valence-electron chi connectivity index (χ3n) is 3.49. The highest BCUT2D eigenvalue weighted by molar-refractivity contribution is 6.93. The van der Waals surface area contributed by atoms with Crippen molar-refractivity contribution in [3.63, 3.8) is 0 Å². The molecule has 0 amide bonds. The number of benzene rings is 2. The van der Waals surface area contributed by atoms with E-state index < -0.39 is 8.07 Å². The van der Waals surface area contributed by atoms with Gasteiger partial charge in [0.25, 0.3) is 0 Å². The zero-order valence-corrected chi connectivity index (χ0v) is 12.8. The molecule has 0 atom stereocenters. The molecular formula is C18H22Si. The lowest BCUT2D eigenvalue weighted by Crippen LogP contribution is -2.39. The molecule has 0 saturated carbocycles. The van der Waals surface area contributed by atoms with Gasteiger partial charge < -0.3 is 0 Å². The summed E-state index contributed by atoms with van der Waals surface area (Å²) in [6.07, 6.45) is 4.64. The molecule has 0 N–H and O–H groups in total. The normalized spacial score (nSPS) is 11.9. The van der Waals surface area contributed by atoms with E-state index in [1.807, 2.05) is 0 Å². The van der Waals surface area contributed by atoms with Crippen molar-refractivity contribution in [2.45, 2.75) is 25.9 Å². The van der Waals surface area contributed by atoms with Crippen molar-refractivity contribution in [2.24, 2.45) is 0 Å². The van der Waals surface area contributed by atoms with Gasteiger partial charge in [-0.05, 0) is 18.4 Å². The van der Waals surface area contributed by atoms with Gasteiger partial charge in [-0.2, -0.15) is 0 Å². The average Bonchev–Trinajstić information content (AvgIpc) is 2.46.